The van der Waals surface area contributed by atoms with Crippen LogP contribution in [0.15, 0.2) is 47.6 Å². The highest BCUT2D eigenvalue weighted by Gasteiger charge is 2.29. The molecule has 0 amide bonds. The van der Waals surface area contributed by atoms with Crippen molar-refractivity contribution in [2.75, 3.05) is 31.1 Å². The highest BCUT2D eigenvalue weighted by atomic mass is 32.2. The van der Waals surface area contributed by atoms with Crippen molar-refractivity contribution in [1.82, 2.24) is 14.3 Å². The van der Waals surface area contributed by atoms with Gasteiger partial charge in [0.2, 0.25) is 16.0 Å². The lowest BCUT2D eigenvalue weighted by molar-refractivity contribution is 0.382. The molecule has 0 unspecified atom stereocenters. The van der Waals surface area contributed by atoms with Gasteiger partial charge < -0.3 is 4.90 Å². The summed E-state index contributed by atoms with van der Waals surface area (Å²) in [6, 6.07) is 8.73. The van der Waals surface area contributed by atoms with Crippen molar-refractivity contribution in [1.29, 1.82) is 0 Å². The first-order valence-electron chi connectivity index (χ1n) is 7.16. The number of nitrogens with zero attached hydrogens (tertiary/aromatic N) is 4. The van der Waals surface area contributed by atoms with E-state index in [0.717, 1.165) is 5.56 Å². The smallest absolute Gasteiger partial charge is 0.243 e. The molecule has 7 heteroatoms. The third-order valence-electron chi connectivity index (χ3n) is 3.73. The van der Waals surface area contributed by atoms with Crippen LogP contribution >= 0.6 is 0 Å². The summed E-state index contributed by atoms with van der Waals surface area (Å²) in [5, 5.41) is 0. The molecule has 0 N–H and O–H groups in total. The van der Waals surface area contributed by atoms with Gasteiger partial charge in [-0.2, -0.15) is 4.31 Å². The molecule has 0 saturated carbocycles. The zero-order valence-electron chi connectivity index (χ0n) is 12.4. The van der Waals surface area contributed by atoms with Crippen LogP contribution in [0.5, 0.6) is 0 Å². The minimum atomic E-state index is -3.42. The Balaban J connectivity index is 1.72. The molecule has 1 aliphatic rings. The maximum absolute atomic E-state index is 12.6. The van der Waals surface area contributed by atoms with E-state index in [1.165, 1.54) is 4.31 Å². The molecule has 0 atom stereocenters. The van der Waals surface area contributed by atoms with Crippen LogP contribution in [-0.2, 0) is 10.0 Å². The largest absolute Gasteiger partial charge is 0.338 e. The minimum absolute atomic E-state index is 0.350. The molecule has 0 spiro atoms. The highest BCUT2D eigenvalue weighted by Crippen LogP contribution is 2.19. The lowest BCUT2D eigenvalue weighted by Crippen LogP contribution is -2.49. The molecular formula is C15H18N4O2S. The molecule has 1 fully saturated rings. The monoisotopic (exact) mass is 318 g/mol. The van der Waals surface area contributed by atoms with E-state index >= 15 is 0 Å². The van der Waals surface area contributed by atoms with E-state index in [1.807, 2.05) is 24.0 Å². The number of aromatic nitrogens is 2. The second-order valence-corrected chi connectivity index (χ2v) is 7.19. The fourth-order valence-electron chi connectivity index (χ4n) is 2.44. The summed E-state index contributed by atoms with van der Waals surface area (Å²) in [5.41, 5.74) is 1.05. The van der Waals surface area contributed by atoms with Crippen molar-refractivity contribution in [3.05, 3.63) is 48.3 Å². The molecule has 0 radical (unpaired) electrons. The minimum Gasteiger partial charge on any atom is -0.338 e. The predicted molar refractivity (Wildman–Crippen MR) is 84.2 cm³/mol. The Hall–Kier alpha value is -1.99. The van der Waals surface area contributed by atoms with E-state index in [9.17, 15) is 8.42 Å². The average molecular weight is 318 g/mol. The van der Waals surface area contributed by atoms with Crippen LogP contribution < -0.4 is 4.90 Å². The van der Waals surface area contributed by atoms with Gasteiger partial charge in [0.1, 0.15) is 0 Å². The first-order valence-corrected chi connectivity index (χ1v) is 8.60. The summed E-state index contributed by atoms with van der Waals surface area (Å²) in [4.78, 5) is 10.8. The van der Waals surface area contributed by atoms with Gasteiger partial charge >= 0.3 is 0 Å². The van der Waals surface area contributed by atoms with Crippen LogP contribution in [0.1, 0.15) is 5.56 Å². The van der Waals surface area contributed by atoms with Crippen molar-refractivity contribution in [2.24, 2.45) is 0 Å². The van der Waals surface area contributed by atoms with Crippen LogP contribution in [0.25, 0.3) is 0 Å². The molecule has 1 aromatic carbocycles. The van der Waals surface area contributed by atoms with Crippen molar-refractivity contribution in [2.45, 2.75) is 11.8 Å². The number of anilines is 1. The molecule has 0 aliphatic carbocycles. The van der Waals surface area contributed by atoms with Crippen LogP contribution in [0.2, 0.25) is 0 Å². The Kier molecular flexibility index (Phi) is 4.08. The Bertz CT molecular complexity index is 724. The first-order chi connectivity index (χ1) is 10.6. The Morgan fingerprint density at radius 3 is 2.14 bits per heavy atom. The topological polar surface area (TPSA) is 66.4 Å². The van der Waals surface area contributed by atoms with Crippen molar-refractivity contribution >= 4 is 16.0 Å². The first kappa shape index (κ1) is 14.9. The molecule has 1 saturated heterocycles. The summed E-state index contributed by atoms with van der Waals surface area (Å²) in [6.45, 7) is 4.00. The summed E-state index contributed by atoms with van der Waals surface area (Å²) < 4.78 is 26.8. The van der Waals surface area contributed by atoms with Gasteiger partial charge in [0.25, 0.3) is 0 Å². The van der Waals surface area contributed by atoms with Crippen molar-refractivity contribution < 1.29 is 8.42 Å². The fourth-order valence-corrected chi connectivity index (χ4v) is 3.86. The lowest BCUT2D eigenvalue weighted by atomic mass is 10.2. The summed E-state index contributed by atoms with van der Waals surface area (Å²) in [6.07, 6.45) is 3.38. The van der Waals surface area contributed by atoms with Gasteiger partial charge in [0.05, 0.1) is 4.90 Å². The fraction of sp³-hybridized carbons (Fsp3) is 0.333. The Morgan fingerprint density at radius 1 is 0.955 bits per heavy atom. The zero-order chi connectivity index (χ0) is 15.6. The normalized spacial score (nSPS) is 16.7. The maximum Gasteiger partial charge on any atom is 0.243 e. The van der Waals surface area contributed by atoms with Crippen molar-refractivity contribution in [3.63, 3.8) is 0 Å². The summed E-state index contributed by atoms with van der Waals surface area (Å²) in [7, 11) is -3.42. The van der Waals surface area contributed by atoms with Gasteiger partial charge in [-0.3, -0.25) is 0 Å². The van der Waals surface area contributed by atoms with Gasteiger partial charge in [-0.25, -0.2) is 18.4 Å². The molecule has 6 nitrogen and oxygen atoms in total. The molecule has 1 aliphatic heterocycles. The predicted octanol–water partition coefficient (Wildman–Crippen LogP) is 1.30. The molecule has 1 aromatic heterocycles. The average Bonchev–Trinajstić information content (AvgIpc) is 2.56. The SMILES string of the molecule is Cc1ccc(S(=O)(=O)N2CCN(c3ncccn3)CC2)cc1. The third kappa shape index (κ3) is 2.95. The van der Waals surface area contributed by atoms with Crippen LogP contribution in [0.4, 0.5) is 5.95 Å². The number of rotatable bonds is 3. The quantitative estimate of drug-likeness (QED) is 0.853. The highest BCUT2D eigenvalue weighted by molar-refractivity contribution is 7.89. The molecular weight excluding hydrogens is 300 g/mol. The van der Waals surface area contributed by atoms with Gasteiger partial charge in [0, 0.05) is 38.6 Å². The molecule has 3 rings (SSSR count). The summed E-state index contributed by atoms with van der Waals surface area (Å²) in [5.74, 6) is 0.648. The van der Waals surface area contributed by atoms with Crippen LogP contribution in [0.3, 0.4) is 0 Å². The zero-order valence-corrected chi connectivity index (χ0v) is 13.2. The van der Waals surface area contributed by atoms with E-state index in [-0.39, 0.29) is 0 Å². The van der Waals surface area contributed by atoms with E-state index in [1.54, 1.807) is 30.6 Å². The lowest BCUT2D eigenvalue weighted by Gasteiger charge is -2.33. The Labute approximate surface area is 130 Å². The van der Waals surface area contributed by atoms with Crippen LogP contribution in [0, 0.1) is 6.92 Å². The number of sulfonamides is 1. The molecule has 2 heterocycles. The second-order valence-electron chi connectivity index (χ2n) is 5.25. The number of piperazine rings is 1. The van der Waals surface area contributed by atoms with E-state index in [4.69, 9.17) is 0 Å². The number of hydrogen-bond acceptors (Lipinski definition) is 5. The second kappa shape index (κ2) is 6.02. The number of hydrogen-bond donors (Lipinski definition) is 0. The van der Waals surface area contributed by atoms with E-state index < -0.39 is 10.0 Å². The molecule has 0 bridgehead atoms. The van der Waals surface area contributed by atoms with Crippen molar-refractivity contribution in [3.8, 4) is 0 Å². The number of aryl methyl sites for hydroxylation is 1. The standard InChI is InChI=1S/C15H18N4O2S/c1-13-3-5-14(6-4-13)22(20,21)19-11-9-18(10-12-19)15-16-7-2-8-17-15/h2-8H,9-12H2,1H3. The van der Waals surface area contributed by atoms with E-state index in [2.05, 4.69) is 9.97 Å². The molecule has 22 heavy (non-hydrogen) atoms. The van der Waals surface area contributed by atoms with Gasteiger partial charge in [-0.05, 0) is 25.1 Å². The van der Waals surface area contributed by atoms with Crippen LogP contribution in [-0.4, -0.2) is 48.9 Å². The van der Waals surface area contributed by atoms with E-state index in [0.29, 0.717) is 37.0 Å². The van der Waals surface area contributed by atoms with Gasteiger partial charge in [0.15, 0.2) is 0 Å². The maximum atomic E-state index is 12.6. The summed E-state index contributed by atoms with van der Waals surface area (Å²) >= 11 is 0. The number of benzene rings is 1. The molecule has 2 aromatic rings. The van der Waals surface area contributed by atoms with Gasteiger partial charge in [-0.1, -0.05) is 17.7 Å². The Morgan fingerprint density at radius 2 is 1.55 bits per heavy atom. The molecule has 116 valence electrons. The van der Waals surface area contributed by atoms with Gasteiger partial charge in [-0.15, -0.1) is 0 Å². The third-order valence-corrected chi connectivity index (χ3v) is 5.65.